The highest BCUT2D eigenvalue weighted by molar-refractivity contribution is 7.88. The van der Waals surface area contributed by atoms with Crippen LogP contribution in [0.25, 0.3) is 0 Å². The fourth-order valence-corrected chi connectivity index (χ4v) is 4.67. The summed E-state index contributed by atoms with van der Waals surface area (Å²) in [6, 6.07) is 10.5. The van der Waals surface area contributed by atoms with Crippen LogP contribution in [0.2, 0.25) is 0 Å². The molecule has 0 heterocycles. The number of benzene rings is 2. The zero-order chi connectivity index (χ0) is 26.7. The van der Waals surface area contributed by atoms with Crippen molar-refractivity contribution < 1.29 is 30.9 Å². The highest BCUT2D eigenvalue weighted by Gasteiger charge is 2.48. The highest BCUT2D eigenvalue weighted by atomic mass is 32.2. The van der Waals surface area contributed by atoms with Gasteiger partial charge in [-0.3, -0.25) is 0 Å². The minimum absolute atomic E-state index is 0.291. The predicted molar refractivity (Wildman–Crippen MR) is 132 cm³/mol. The summed E-state index contributed by atoms with van der Waals surface area (Å²) in [6.07, 6.45) is 2.48. The van der Waals surface area contributed by atoms with Crippen molar-refractivity contribution in [3.8, 4) is 17.6 Å². The van der Waals surface area contributed by atoms with Crippen molar-refractivity contribution in [2.45, 2.75) is 83.8 Å². The van der Waals surface area contributed by atoms with E-state index in [2.05, 4.69) is 16.0 Å². The van der Waals surface area contributed by atoms with Crippen LogP contribution in [0.3, 0.4) is 0 Å². The van der Waals surface area contributed by atoms with Crippen LogP contribution >= 0.6 is 0 Å². The summed E-state index contributed by atoms with van der Waals surface area (Å²) in [7, 11) is -5.75. The number of aryl methyl sites for hydroxylation is 2. The van der Waals surface area contributed by atoms with E-state index in [1.54, 1.807) is 12.1 Å². The van der Waals surface area contributed by atoms with E-state index < -0.39 is 26.6 Å². The fourth-order valence-electron chi connectivity index (χ4n) is 4.15. The maximum atomic E-state index is 12.7. The molecule has 0 aliphatic heterocycles. The van der Waals surface area contributed by atoms with Crippen LogP contribution in [0.1, 0.15) is 81.2 Å². The fraction of sp³-hybridized carbons (Fsp3) is 0.481. The van der Waals surface area contributed by atoms with Crippen molar-refractivity contribution in [2.75, 3.05) is 0 Å². The summed E-state index contributed by atoms with van der Waals surface area (Å²) >= 11 is 0. The van der Waals surface area contributed by atoms with Gasteiger partial charge in [0.05, 0.1) is 0 Å². The Bertz CT molecular complexity index is 1210. The molecule has 0 saturated heterocycles. The van der Waals surface area contributed by atoms with E-state index in [1.807, 2.05) is 52.8 Å². The third-order valence-electron chi connectivity index (χ3n) is 6.80. The van der Waals surface area contributed by atoms with E-state index in [1.165, 1.54) is 13.0 Å². The molecule has 0 saturated carbocycles. The molecule has 0 amide bonds. The molecule has 192 valence electrons. The molecule has 2 rings (SSSR count). The topological polar surface area (TPSA) is 63.6 Å². The molecule has 0 unspecified atom stereocenters. The molecule has 0 fully saturated rings. The maximum absolute atomic E-state index is 12.7. The second-order valence-electron chi connectivity index (χ2n) is 8.77. The lowest BCUT2D eigenvalue weighted by Crippen LogP contribution is -2.29. The van der Waals surface area contributed by atoms with E-state index in [4.69, 9.17) is 0 Å². The average molecular weight is 511 g/mol. The molecular weight excluding hydrogens is 477 g/mol. The summed E-state index contributed by atoms with van der Waals surface area (Å²) in [5.41, 5.74) is -3.06. The van der Waals surface area contributed by atoms with Crippen LogP contribution in [0.5, 0.6) is 5.75 Å². The minimum atomic E-state index is -5.75. The SMILES string of the molecule is CCC(O)(C#Cc1ccc(C(CC)(CC)c2ccc(OS(=O)(=O)C(F)(F)F)c(C)c2)cc1C)CC. The molecule has 1 N–H and O–H groups in total. The highest BCUT2D eigenvalue weighted by Crippen LogP contribution is 2.41. The standard InChI is InChI=1S/C27H33F3O4S/c1-7-25(31,8-2)16-15-21-11-12-22(17-19(21)5)26(9-3,10-4)23-13-14-24(20(6)18-23)34-35(32,33)27(28,29)30/h11-14,17-18,31H,7-10H2,1-6H3. The Kier molecular flexibility index (Phi) is 8.73. The number of halogens is 3. The monoisotopic (exact) mass is 510 g/mol. The summed E-state index contributed by atoms with van der Waals surface area (Å²) in [5, 5.41) is 10.5. The van der Waals surface area contributed by atoms with Crippen LogP contribution in [0.15, 0.2) is 36.4 Å². The van der Waals surface area contributed by atoms with Crippen LogP contribution in [-0.4, -0.2) is 24.6 Å². The van der Waals surface area contributed by atoms with Gasteiger partial charge in [0.15, 0.2) is 0 Å². The lowest BCUT2D eigenvalue weighted by atomic mass is 9.70. The normalized spacial score (nSPS) is 12.7. The molecule has 35 heavy (non-hydrogen) atoms. The van der Waals surface area contributed by atoms with Crippen molar-refractivity contribution in [2.24, 2.45) is 0 Å². The molecule has 2 aromatic carbocycles. The van der Waals surface area contributed by atoms with E-state index in [0.29, 0.717) is 31.2 Å². The number of alkyl halides is 3. The Morgan fingerprint density at radius 1 is 0.857 bits per heavy atom. The molecule has 2 aromatic rings. The molecule has 0 radical (unpaired) electrons. The second kappa shape index (κ2) is 10.6. The Morgan fingerprint density at radius 2 is 1.37 bits per heavy atom. The second-order valence-corrected chi connectivity index (χ2v) is 10.3. The summed E-state index contributed by atoms with van der Waals surface area (Å²) in [5.74, 6) is 5.72. The molecule has 0 aliphatic rings. The van der Waals surface area contributed by atoms with Crippen LogP contribution in [-0.2, 0) is 15.5 Å². The van der Waals surface area contributed by atoms with E-state index in [9.17, 15) is 26.7 Å². The molecule has 4 nitrogen and oxygen atoms in total. The first kappa shape index (κ1) is 28.7. The van der Waals surface area contributed by atoms with Gasteiger partial charge in [-0.2, -0.15) is 21.6 Å². The van der Waals surface area contributed by atoms with E-state index >= 15 is 0 Å². The van der Waals surface area contributed by atoms with Crippen molar-refractivity contribution in [1.82, 2.24) is 0 Å². The van der Waals surface area contributed by atoms with Gasteiger partial charge in [-0.05, 0) is 73.9 Å². The van der Waals surface area contributed by atoms with Crippen molar-refractivity contribution in [3.63, 3.8) is 0 Å². The van der Waals surface area contributed by atoms with Gasteiger partial charge in [-0.1, -0.05) is 63.8 Å². The van der Waals surface area contributed by atoms with Crippen LogP contribution in [0.4, 0.5) is 13.2 Å². The van der Waals surface area contributed by atoms with Gasteiger partial charge in [-0.15, -0.1) is 0 Å². The number of hydrogen-bond acceptors (Lipinski definition) is 4. The Hall–Kier alpha value is -2.50. The van der Waals surface area contributed by atoms with Crippen LogP contribution in [0, 0.1) is 25.7 Å². The van der Waals surface area contributed by atoms with Gasteiger partial charge in [0, 0.05) is 11.0 Å². The van der Waals surface area contributed by atoms with Crippen molar-refractivity contribution >= 4 is 10.1 Å². The minimum Gasteiger partial charge on any atom is -0.378 e. The summed E-state index contributed by atoms with van der Waals surface area (Å²) in [6.45, 7) is 11.3. The zero-order valence-corrected chi connectivity index (χ0v) is 21.8. The summed E-state index contributed by atoms with van der Waals surface area (Å²) < 4.78 is 65.5. The summed E-state index contributed by atoms with van der Waals surface area (Å²) in [4.78, 5) is 0. The first-order valence-electron chi connectivity index (χ1n) is 11.7. The van der Waals surface area contributed by atoms with Gasteiger partial charge in [0.2, 0.25) is 0 Å². The largest absolute Gasteiger partial charge is 0.534 e. The molecule has 0 aromatic heterocycles. The van der Waals surface area contributed by atoms with Gasteiger partial charge < -0.3 is 9.29 Å². The lowest BCUT2D eigenvalue weighted by molar-refractivity contribution is -0.0500. The van der Waals surface area contributed by atoms with Gasteiger partial charge in [0.1, 0.15) is 11.4 Å². The maximum Gasteiger partial charge on any atom is 0.534 e. The number of rotatable bonds is 8. The van der Waals surface area contributed by atoms with Gasteiger partial charge in [-0.25, -0.2) is 0 Å². The zero-order valence-electron chi connectivity index (χ0n) is 21.0. The Morgan fingerprint density at radius 3 is 1.80 bits per heavy atom. The molecule has 0 atom stereocenters. The first-order valence-corrected chi connectivity index (χ1v) is 13.1. The van der Waals surface area contributed by atoms with Crippen molar-refractivity contribution in [3.05, 3.63) is 64.2 Å². The number of hydrogen-bond donors (Lipinski definition) is 1. The van der Waals surface area contributed by atoms with E-state index in [0.717, 1.165) is 22.3 Å². The quantitative estimate of drug-likeness (QED) is 0.249. The lowest BCUT2D eigenvalue weighted by Gasteiger charge is -2.34. The smallest absolute Gasteiger partial charge is 0.378 e. The van der Waals surface area contributed by atoms with E-state index in [-0.39, 0.29) is 5.75 Å². The van der Waals surface area contributed by atoms with Gasteiger partial charge in [0.25, 0.3) is 0 Å². The molecule has 0 bridgehead atoms. The molecule has 8 heteroatoms. The average Bonchev–Trinajstić information content (AvgIpc) is 2.80. The Balaban J connectivity index is 2.51. The predicted octanol–water partition coefficient (Wildman–Crippen LogP) is 6.54. The van der Waals surface area contributed by atoms with Gasteiger partial charge >= 0.3 is 15.6 Å². The van der Waals surface area contributed by atoms with Crippen LogP contribution < -0.4 is 4.18 Å². The third kappa shape index (κ3) is 6.02. The molecular formula is C27H33F3O4S. The molecule has 0 spiro atoms. The third-order valence-corrected chi connectivity index (χ3v) is 7.76. The molecule has 0 aliphatic carbocycles. The Labute approximate surface area is 206 Å². The number of aliphatic hydroxyl groups is 1. The van der Waals surface area contributed by atoms with Crippen molar-refractivity contribution in [1.29, 1.82) is 0 Å². The first-order chi connectivity index (χ1) is 16.2.